The van der Waals surface area contributed by atoms with E-state index in [9.17, 15) is 13.6 Å². The van der Waals surface area contributed by atoms with Gasteiger partial charge in [0.2, 0.25) is 5.91 Å². The molecule has 1 heterocycles. The molecule has 2 rings (SSSR count). The molecule has 0 radical (unpaired) electrons. The number of benzene rings is 1. The molecule has 0 fully saturated rings. The lowest BCUT2D eigenvalue weighted by molar-refractivity contribution is -0.125. The van der Waals surface area contributed by atoms with E-state index in [0.717, 1.165) is 14.6 Å². The molecule has 0 atom stereocenters. The molecule has 0 N–H and O–H groups in total. The van der Waals surface area contributed by atoms with Crippen molar-refractivity contribution in [2.75, 3.05) is 7.05 Å². The van der Waals surface area contributed by atoms with E-state index in [1.54, 1.807) is 6.08 Å². The standard InChI is InChI=1S/C15H14BrF2N3O/c1-20(10-13-19-8-9-21(13)15(17)18)14(22)7-6-11-4-2-3-5-12(11)16/h2-9,15H,10H2,1H3/b7-6+. The maximum Gasteiger partial charge on any atom is 0.319 e. The third-order valence-corrected chi connectivity index (χ3v) is 3.75. The number of nitrogens with zero attached hydrogens (tertiary/aromatic N) is 3. The molecule has 116 valence electrons. The number of halogens is 3. The van der Waals surface area contributed by atoms with Crippen molar-refractivity contribution >= 4 is 27.9 Å². The Hall–Kier alpha value is -2.02. The van der Waals surface area contributed by atoms with Gasteiger partial charge in [0.05, 0.1) is 6.54 Å². The van der Waals surface area contributed by atoms with Gasteiger partial charge in [-0.2, -0.15) is 8.78 Å². The summed E-state index contributed by atoms with van der Waals surface area (Å²) in [7, 11) is 1.54. The fourth-order valence-corrected chi connectivity index (χ4v) is 2.25. The van der Waals surface area contributed by atoms with Gasteiger partial charge in [0.25, 0.3) is 0 Å². The Morgan fingerprint density at radius 3 is 2.86 bits per heavy atom. The van der Waals surface area contributed by atoms with Gasteiger partial charge in [-0.05, 0) is 17.7 Å². The van der Waals surface area contributed by atoms with E-state index in [-0.39, 0.29) is 18.3 Å². The molecule has 2 aromatic rings. The van der Waals surface area contributed by atoms with E-state index >= 15 is 0 Å². The lowest BCUT2D eigenvalue weighted by atomic mass is 10.2. The lowest BCUT2D eigenvalue weighted by Gasteiger charge is -2.15. The predicted octanol–water partition coefficient (Wildman–Crippen LogP) is 3.71. The molecule has 1 aromatic heterocycles. The van der Waals surface area contributed by atoms with Crippen LogP contribution >= 0.6 is 15.9 Å². The maximum atomic E-state index is 12.7. The summed E-state index contributed by atoms with van der Waals surface area (Å²) in [5, 5.41) is 0. The van der Waals surface area contributed by atoms with Crippen molar-refractivity contribution in [1.29, 1.82) is 0 Å². The maximum absolute atomic E-state index is 12.7. The summed E-state index contributed by atoms with van der Waals surface area (Å²) in [4.78, 5) is 17.2. The lowest BCUT2D eigenvalue weighted by Crippen LogP contribution is -2.26. The minimum atomic E-state index is -2.67. The Morgan fingerprint density at radius 1 is 1.45 bits per heavy atom. The summed E-state index contributed by atoms with van der Waals surface area (Å²) in [6.45, 7) is -2.66. The number of aromatic nitrogens is 2. The Bertz CT molecular complexity index is 685. The Kier molecular flexibility index (Phi) is 5.43. The van der Waals surface area contributed by atoms with E-state index < -0.39 is 6.55 Å². The zero-order chi connectivity index (χ0) is 16.1. The minimum absolute atomic E-state index is 0.0104. The second-order valence-electron chi connectivity index (χ2n) is 4.58. The van der Waals surface area contributed by atoms with Crippen molar-refractivity contribution < 1.29 is 13.6 Å². The van der Waals surface area contributed by atoms with Crippen LogP contribution in [-0.2, 0) is 11.3 Å². The highest BCUT2D eigenvalue weighted by Gasteiger charge is 2.14. The van der Waals surface area contributed by atoms with Crippen molar-refractivity contribution in [3.05, 3.63) is 58.6 Å². The van der Waals surface area contributed by atoms with Crippen LogP contribution in [0.5, 0.6) is 0 Å². The van der Waals surface area contributed by atoms with Crippen molar-refractivity contribution in [3.8, 4) is 0 Å². The highest BCUT2D eigenvalue weighted by Crippen LogP contribution is 2.17. The second kappa shape index (κ2) is 7.31. The second-order valence-corrected chi connectivity index (χ2v) is 5.43. The van der Waals surface area contributed by atoms with Crippen LogP contribution < -0.4 is 0 Å². The largest absolute Gasteiger partial charge is 0.335 e. The highest BCUT2D eigenvalue weighted by atomic mass is 79.9. The van der Waals surface area contributed by atoms with Crippen molar-refractivity contribution in [3.63, 3.8) is 0 Å². The van der Waals surface area contributed by atoms with Crippen molar-refractivity contribution in [1.82, 2.24) is 14.5 Å². The van der Waals surface area contributed by atoms with Gasteiger partial charge in [-0.15, -0.1) is 0 Å². The van der Waals surface area contributed by atoms with Gasteiger partial charge >= 0.3 is 6.55 Å². The van der Waals surface area contributed by atoms with E-state index in [4.69, 9.17) is 0 Å². The third kappa shape index (κ3) is 4.00. The first kappa shape index (κ1) is 16.4. The Labute approximate surface area is 135 Å². The van der Waals surface area contributed by atoms with Crippen LogP contribution in [0.1, 0.15) is 17.9 Å². The van der Waals surface area contributed by atoms with Crippen LogP contribution in [0.4, 0.5) is 8.78 Å². The Morgan fingerprint density at radius 2 is 2.18 bits per heavy atom. The summed E-state index contributed by atoms with van der Waals surface area (Å²) < 4.78 is 27.1. The highest BCUT2D eigenvalue weighted by molar-refractivity contribution is 9.10. The van der Waals surface area contributed by atoms with Gasteiger partial charge < -0.3 is 4.90 Å². The van der Waals surface area contributed by atoms with E-state index in [1.807, 2.05) is 24.3 Å². The van der Waals surface area contributed by atoms with Crippen molar-refractivity contribution in [2.45, 2.75) is 13.1 Å². The van der Waals surface area contributed by atoms with Crippen LogP contribution in [0, 0.1) is 0 Å². The zero-order valence-corrected chi connectivity index (χ0v) is 13.4. The molecule has 0 spiro atoms. The van der Waals surface area contributed by atoms with Gasteiger partial charge in [0.15, 0.2) is 0 Å². The number of alkyl halides is 2. The average molecular weight is 370 g/mol. The van der Waals surface area contributed by atoms with E-state index in [2.05, 4.69) is 20.9 Å². The predicted molar refractivity (Wildman–Crippen MR) is 83.1 cm³/mol. The molecule has 1 amide bonds. The first-order valence-corrected chi connectivity index (χ1v) is 7.26. The molecule has 0 unspecified atom stereocenters. The van der Waals surface area contributed by atoms with Gasteiger partial charge in [-0.1, -0.05) is 34.1 Å². The topological polar surface area (TPSA) is 38.1 Å². The number of rotatable bonds is 5. The number of hydrogen-bond acceptors (Lipinski definition) is 2. The van der Waals surface area contributed by atoms with Gasteiger partial charge in [-0.3, -0.25) is 9.36 Å². The SMILES string of the molecule is CN(Cc1nccn1C(F)F)C(=O)/C=C/c1ccccc1Br. The number of amides is 1. The van der Waals surface area contributed by atoms with Gasteiger partial charge in [0, 0.05) is 30.0 Å². The van der Waals surface area contributed by atoms with Crippen LogP contribution in [0.2, 0.25) is 0 Å². The minimum Gasteiger partial charge on any atom is -0.335 e. The first-order valence-electron chi connectivity index (χ1n) is 6.46. The van der Waals surface area contributed by atoms with Gasteiger partial charge in [-0.25, -0.2) is 4.98 Å². The molecule has 0 saturated heterocycles. The van der Waals surface area contributed by atoms with Crippen LogP contribution in [-0.4, -0.2) is 27.4 Å². The Balaban J connectivity index is 2.03. The normalized spacial score (nSPS) is 11.3. The molecular weight excluding hydrogens is 356 g/mol. The van der Waals surface area contributed by atoms with E-state index in [1.165, 1.54) is 30.4 Å². The number of hydrogen-bond donors (Lipinski definition) is 0. The molecule has 7 heteroatoms. The molecule has 4 nitrogen and oxygen atoms in total. The van der Waals surface area contributed by atoms with Crippen LogP contribution in [0.3, 0.4) is 0 Å². The summed E-state index contributed by atoms with van der Waals surface area (Å²) in [5.41, 5.74) is 0.860. The number of likely N-dealkylation sites (N-methyl/N-ethyl adjacent to an activating group) is 1. The smallest absolute Gasteiger partial charge is 0.319 e. The van der Waals surface area contributed by atoms with Crippen molar-refractivity contribution in [2.24, 2.45) is 0 Å². The van der Waals surface area contributed by atoms with E-state index in [0.29, 0.717) is 0 Å². The fourth-order valence-electron chi connectivity index (χ4n) is 1.83. The summed E-state index contributed by atoms with van der Waals surface area (Å²) in [6, 6.07) is 7.46. The number of imidazole rings is 1. The van der Waals surface area contributed by atoms with Crippen LogP contribution in [0.25, 0.3) is 6.08 Å². The average Bonchev–Trinajstić information content (AvgIpc) is 2.94. The monoisotopic (exact) mass is 369 g/mol. The molecule has 22 heavy (non-hydrogen) atoms. The molecule has 0 bridgehead atoms. The van der Waals surface area contributed by atoms with Crippen LogP contribution in [0.15, 0.2) is 47.2 Å². The third-order valence-electron chi connectivity index (χ3n) is 3.02. The molecular formula is C15H14BrF2N3O. The molecule has 0 saturated carbocycles. The zero-order valence-electron chi connectivity index (χ0n) is 11.8. The fraction of sp³-hybridized carbons (Fsp3) is 0.200. The summed E-state index contributed by atoms with van der Waals surface area (Å²) in [5.74, 6) is -0.153. The molecule has 0 aliphatic carbocycles. The molecule has 0 aliphatic rings. The molecule has 0 aliphatic heterocycles. The number of carbonyl (C=O) groups excluding carboxylic acids is 1. The summed E-state index contributed by atoms with van der Waals surface area (Å²) in [6.07, 6.45) is 5.55. The van der Waals surface area contributed by atoms with Gasteiger partial charge in [0.1, 0.15) is 5.82 Å². The summed E-state index contributed by atoms with van der Waals surface area (Å²) >= 11 is 3.38. The first-order chi connectivity index (χ1) is 10.5. The molecule has 1 aromatic carbocycles. The quantitative estimate of drug-likeness (QED) is 0.753. The number of carbonyl (C=O) groups is 1.